The molecule has 154 valence electrons. The van der Waals surface area contributed by atoms with Gasteiger partial charge < -0.3 is 20.1 Å². The first-order valence-corrected chi connectivity index (χ1v) is 9.96. The van der Waals surface area contributed by atoms with Gasteiger partial charge in [-0.2, -0.15) is 0 Å². The third kappa shape index (κ3) is 3.11. The summed E-state index contributed by atoms with van der Waals surface area (Å²) < 4.78 is 24.9. The number of nitrogen functional groups attached to an aromatic ring is 1. The summed E-state index contributed by atoms with van der Waals surface area (Å²) in [6.45, 7) is 3.95. The van der Waals surface area contributed by atoms with E-state index in [0.29, 0.717) is 49.9 Å². The molecule has 1 saturated heterocycles. The third-order valence-electron chi connectivity index (χ3n) is 5.93. The monoisotopic (exact) mass is 407 g/mol. The minimum Gasteiger partial charge on any atom is -0.383 e. The SMILES string of the molecule is Cc1cc(C2COCCN2C(=O)c2ccc3nc(N)c4c(c3c2)COC4)ccc1F. The van der Waals surface area contributed by atoms with Crippen LogP contribution in [0.25, 0.3) is 10.9 Å². The highest BCUT2D eigenvalue weighted by molar-refractivity contribution is 5.99. The molecule has 0 spiro atoms. The van der Waals surface area contributed by atoms with Crippen molar-refractivity contribution in [3.8, 4) is 0 Å². The summed E-state index contributed by atoms with van der Waals surface area (Å²) in [6.07, 6.45) is 0. The minimum atomic E-state index is -0.264. The normalized spacial score (nSPS) is 18.6. The molecule has 2 N–H and O–H groups in total. The molecule has 0 bridgehead atoms. The van der Waals surface area contributed by atoms with Gasteiger partial charge in [0, 0.05) is 23.1 Å². The third-order valence-corrected chi connectivity index (χ3v) is 5.93. The summed E-state index contributed by atoms with van der Waals surface area (Å²) in [4.78, 5) is 19.7. The highest BCUT2D eigenvalue weighted by Gasteiger charge is 2.30. The zero-order valence-corrected chi connectivity index (χ0v) is 16.7. The molecule has 30 heavy (non-hydrogen) atoms. The van der Waals surface area contributed by atoms with Crippen LogP contribution in [0.5, 0.6) is 0 Å². The first-order valence-electron chi connectivity index (χ1n) is 9.96. The minimum absolute atomic E-state index is 0.0864. The van der Waals surface area contributed by atoms with Crippen LogP contribution in [0.3, 0.4) is 0 Å². The molecule has 1 aromatic heterocycles. The fraction of sp³-hybridized carbons (Fsp3) is 0.304. The number of fused-ring (bicyclic) bond motifs is 3. The number of carbonyl (C=O) groups is 1. The Hall–Kier alpha value is -3.03. The molecule has 2 aromatic carbocycles. The topological polar surface area (TPSA) is 77.7 Å². The summed E-state index contributed by atoms with van der Waals surface area (Å²) in [5.74, 6) is 0.136. The largest absolute Gasteiger partial charge is 0.383 e. The van der Waals surface area contributed by atoms with E-state index in [4.69, 9.17) is 15.2 Å². The summed E-state index contributed by atoms with van der Waals surface area (Å²) >= 11 is 0. The van der Waals surface area contributed by atoms with Crippen molar-refractivity contribution in [2.24, 2.45) is 0 Å². The Bertz CT molecular complexity index is 1160. The summed E-state index contributed by atoms with van der Waals surface area (Å²) in [5.41, 5.74) is 10.7. The second kappa shape index (κ2) is 7.34. The number of ether oxygens (including phenoxy) is 2. The molecule has 2 aliphatic heterocycles. The van der Waals surface area contributed by atoms with Crippen LogP contribution in [0.4, 0.5) is 10.2 Å². The van der Waals surface area contributed by atoms with E-state index in [1.54, 1.807) is 30.0 Å². The van der Waals surface area contributed by atoms with Crippen LogP contribution >= 0.6 is 0 Å². The molecule has 3 aromatic rings. The van der Waals surface area contributed by atoms with Crippen molar-refractivity contribution in [3.05, 3.63) is 70.0 Å². The molecule has 7 heteroatoms. The van der Waals surface area contributed by atoms with Crippen LogP contribution in [0.2, 0.25) is 0 Å². The van der Waals surface area contributed by atoms with Crippen LogP contribution in [-0.2, 0) is 22.7 Å². The smallest absolute Gasteiger partial charge is 0.254 e. The average molecular weight is 407 g/mol. The lowest BCUT2D eigenvalue weighted by atomic mass is 9.99. The summed E-state index contributed by atoms with van der Waals surface area (Å²) in [5, 5.41) is 0.894. The predicted molar refractivity (Wildman–Crippen MR) is 110 cm³/mol. The maximum absolute atomic E-state index is 13.7. The molecular formula is C23H22FN3O3. The van der Waals surface area contributed by atoms with Gasteiger partial charge in [-0.05, 0) is 47.9 Å². The molecule has 1 atom stereocenters. The van der Waals surface area contributed by atoms with Gasteiger partial charge in [-0.1, -0.05) is 12.1 Å². The Morgan fingerprint density at radius 3 is 2.83 bits per heavy atom. The van der Waals surface area contributed by atoms with E-state index in [1.165, 1.54) is 6.07 Å². The first kappa shape index (κ1) is 19.0. The van der Waals surface area contributed by atoms with Crippen molar-refractivity contribution in [3.63, 3.8) is 0 Å². The van der Waals surface area contributed by atoms with E-state index in [1.807, 2.05) is 12.1 Å². The van der Waals surface area contributed by atoms with Crippen molar-refractivity contribution in [1.82, 2.24) is 9.88 Å². The molecular weight excluding hydrogens is 385 g/mol. The number of hydrogen-bond acceptors (Lipinski definition) is 5. The number of morpholine rings is 1. The van der Waals surface area contributed by atoms with E-state index in [2.05, 4.69) is 4.98 Å². The fourth-order valence-electron chi connectivity index (χ4n) is 4.27. The van der Waals surface area contributed by atoms with Crippen LogP contribution in [0.15, 0.2) is 36.4 Å². The highest BCUT2D eigenvalue weighted by atomic mass is 19.1. The van der Waals surface area contributed by atoms with E-state index in [0.717, 1.165) is 27.6 Å². The molecule has 1 unspecified atom stereocenters. The van der Waals surface area contributed by atoms with Crippen molar-refractivity contribution in [2.45, 2.75) is 26.2 Å². The van der Waals surface area contributed by atoms with Crippen molar-refractivity contribution >= 4 is 22.6 Å². The molecule has 0 aliphatic carbocycles. The van der Waals surface area contributed by atoms with Gasteiger partial charge >= 0.3 is 0 Å². The average Bonchev–Trinajstić information content (AvgIpc) is 3.26. The molecule has 0 saturated carbocycles. The second-order valence-electron chi connectivity index (χ2n) is 7.78. The maximum Gasteiger partial charge on any atom is 0.254 e. The molecule has 3 heterocycles. The van der Waals surface area contributed by atoms with Crippen LogP contribution in [0.1, 0.15) is 38.7 Å². The lowest BCUT2D eigenvalue weighted by molar-refractivity contribution is -0.00271. The van der Waals surface area contributed by atoms with Gasteiger partial charge in [0.1, 0.15) is 11.6 Å². The molecule has 1 fully saturated rings. The quantitative estimate of drug-likeness (QED) is 0.703. The lowest BCUT2D eigenvalue weighted by Crippen LogP contribution is -2.43. The zero-order valence-electron chi connectivity index (χ0n) is 16.7. The number of benzene rings is 2. The van der Waals surface area contributed by atoms with Gasteiger partial charge in [0.2, 0.25) is 0 Å². The number of aromatic nitrogens is 1. The Morgan fingerprint density at radius 2 is 2.00 bits per heavy atom. The number of aryl methyl sites for hydroxylation is 1. The summed E-state index contributed by atoms with van der Waals surface area (Å²) in [6, 6.07) is 10.2. The molecule has 1 amide bonds. The number of anilines is 1. The number of hydrogen-bond donors (Lipinski definition) is 1. The number of amides is 1. The Balaban J connectivity index is 1.53. The fourth-order valence-corrected chi connectivity index (χ4v) is 4.27. The van der Waals surface area contributed by atoms with E-state index in [-0.39, 0.29) is 17.8 Å². The number of pyridine rings is 1. The lowest BCUT2D eigenvalue weighted by Gasteiger charge is -2.36. The van der Waals surface area contributed by atoms with E-state index in [9.17, 15) is 9.18 Å². The van der Waals surface area contributed by atoms with Gasteiger partial charge in [0.15, 0.2) is 0 Å². The number of halogens is 1. The van der Waals surface area contributed by atoms with Crippen molar-refractivity contribution in [1.29, 1.82) is 0 Å². The van der Waals surface area contributed by atoms with E-state index >= 15 is 0 Å². The standard InChI is InChI=1S/C23H22FN3O3/c1-13-8-14(2-4-19(13)24)21-12-29-7-6-27(21)23(28)15-3-5-20-16(9-15)17-10-30-11-18(17)22(25)26-20/h2-5,8-9,21H,6-7,10-12H2,1H3,(H2,25,26). The van der Waals surface area contributed by atoms with Crippen LogP contribution in [-0.4, -0.2) is 35.5 Å². The van der Waals surface area contributed by atoms with Gasteiger partial charge in [0.25, 0.3) is 5.91 Å². The number of rotatable bonds is 2. The van der Waals surface area contributed by atoms with E-state index < -0.39 is 0 Å². The summed E-state index contributed by atoms with van der Waals surface area (Å²) in [7, 11) is 0. The Morgan fingerprint density at radius 1 is 1.17 bits per heavy atom. The highest BCUT2D eigenvalue weighted by Crippen LogP contribution is 2.33. The van der Waals surface area contributed by atoms with Gasteiger partial charge in [0.05, 0.1) is 38.0 Å². The first-order chi connectivity index (χ1) is 14.5. The van der Waals surface area contributed by atoms with Gasteiger partial charge in [-0.3, -0.25) is 4.79 Å². The number of carbonyl (C=O) groups excluding carboxylic acids is 1. The Kier molecular flexibility index (Phi) is 4.64. The van der Waals surface area contributed by atoms with Gasteiger partial charge in [-0.15, -0.1) is 0 Å². The molecule has 5 rings (SSSR count). The molecule has 2 aliphatic rings. The number of nitrogens with zero attached hydrogens (tertiary/aromatic N) is 2. The molecule has 6 nitrogen and oxygen atoms in total. The predicted octanol–water partition coefficient (Wildman–Crippen LogP) is 3.51. The zero-order chi connectivity index (χ0) is 20.8. The number of nitrogens with two attached hydrogens (primary N) is 1. The molecule has 0 radical (unpaired) electrons. The Labute approximate surface area is 173 Å². The van der Waals surface area contributed by atoms with Crippen molar-refractivity contribution in [2.75, 3.05) is 25.5 Å². The van der Waals surface area contributed by atoms with Crippen LogP contribution in [0, 0.1) is 12.7 Å². The maximum atomic E-state index is 13.7. The van der Waals surface area contributed by atoms with Gasteiger partial charge in [-0.25, -0.2) is 9.37 Å². The van der Waals surface area contributed by atoms with Crippen molar-refractivity contribution < 1.29 is 18.7 Å². The van der Waals surface area contributed by atoms with Crippen LogP contribution < -0.4 is 5.73 Å². The second-order valence-corrected chi connectivity index (χ2v) is 7.78.